The Labute approximate surface area is 176 Å². The molecule has 0 unspecified atom stereocenters. The van der Waals surface area contributed by atoms with Crippen molar-refractivity contribution < 1.29 is 4.74 Å². The third kappa shape index (κ3) is 9.07. The number of piperidine rings is 1. The van der Waals surface area contributed by atoms with Crippen molar-refractivity contribution in [3.8, 4) is 5.75 Å². The van der Waals surface area contributed by atoms with Gasteiger partial charge in [-0.25, -0.2) is 0 Å². The summed E-state index contributed by atoms with van der Waals surface area (Å²) in [5, 5.41) is 6.96. The highest BCUT2D eigenvalue weighted by molar-refractivity contribution is 14.0. The molecule has 0 aliphatic carbocycles. The summed E-state index contributed by atoms with van der Waals surface area (Å²) >= 11 is 0. The van der Waals surface area contributed by atoms with Crippen molar-refractivity contribution in [1.29, 1.82) is 0 Å². The third-order valence-electron chi connectivity index (χ3n) is 4.40. The van der Waals surface area contributed by atoms with Gasteiger partial charge in [-0.1, -0.05) is 25.1 Å². The van der Waals surface area contributed by atoms with Gasteiger partial charge in [0.25, 0.3) is 0 Å². The Morgan fingerprint density at radius 2 is 1.92 bits per heavy atom. The molecular formula is C20H35IN4O. The standard InChI is InChI=1S/C20H34N4O.HI/c1-3-14-24-15-11-18(12-16-24)23-20(21-4-2)22-13-8-17-25-19-9-6-5-7-10-19;/h5-7,9-10,18H,3-4,8,11-17H2,1-2H3,(H2,21,22,23);1H. The molecular weight excluding hydrogens is 439 g/mol. The van der Waals surface area contributed by atoms with E-state index in [1.165, 1.54) is 38.9 Å². The quantitative estimate of drug-likeness (QED) is 0.249. The first-order valence-electron chi connectivity index (χ1n) is 9.76. The Hall–Kier alpha value is -1.02. The summed E-state index contributed by atoms with van der Waals surface area (Å²) in [6, 6.07) is 10.5. The van der Waals surface area contributed by atoms with Crippen LogP contribution < -0.4 is 15.4 Å². The van der Waals surface area contributed by atoms with Crippen molar-refractivity contribution >= 4 is 29.9 Å². The molecule has 1 fully saturated rings. The topological polar surface area (TPSA) is 48.9 Å². The molecule has 1 aromatic carbocycles. The monoisotopic (exact) mass is 474 g/mol. The van der Waals surface area contributed by atoms with Gasteiger partial charge in [0.05, 0.1) is 6.61 Å². The molecule has 5 nitrogen and oxygen atoms in total. The summed E-state index contributed by atoms with van der Waals surface area (Å²) in [4.78, 5) is 7.25. The van der Waals surface area contributed by atoms with E-state index in [0.717, 1.165) is 31.2 Å². The number of guanidine groups is 1. The van der Waals surface area contributed by atoms with Crippen LogP contribution in [0.2, 0.25) is 0 Å². The van der Waals surface area contributed by atoms with Crippen molar-refractivity contribution in [2.45, 2.75) is 45.6 Å². The van der Waals surface area contributed by atoms with Crippen molar-refractivity contribution in [2.75, 3.05) is 39.3 Å². The molecule has 0 radical (unpaired) electrons. The first-order chi connectivity index (χ1) is 12.3. The van der Waals surface area contributed by atoms with Gasteiger partial charge in [0.15, 0.2) is 5.96 Å². The molecule has 6 heteroatoms. The first kappa shape index (κ1) is 23.0. The second-order valence-corrected chi connectivity index (χ2v) is 6.54. The van der Waals surface area contributed by atoms with E-state index in [0.29, 0.717) is 12.6 Å². The van der Waals surface area contributed by atoms with Crippen molar-refractivity contribution in [2.24, 2.45) is 4.99 Å². The molecule has 0 saturated carbocycles. The van der Waals surface area contributed by atoms with Gasteiger partial charge in [0.2, 0.25) is 0 Å². The highest BCUT2D eigenvalue weighted by Crippen LogP contribution is 2.10. The van der Waals surface area contributed by atoms with Crippen LogP contribution in [-0.4, -0.2) is 56.2 Å². The van der Waals surface area contributed by atoms with Crippen LogP contribution >= 0.6 is 24.0 Å². The number of halogens is 1. The average Bonchev–Trinajstić information content (AvgIpc) is 2.64. The fraction of sp³-hybridized carbons (Fsp3) is 0.650. The predicted molar refractivity (Wildman–Crippen MR) is 121 cm³/mol. The molecule has 1 aromatic rings. The Balaban J connectivity index is 0.00000338. The Kier molecular flexibility index (Phi) is 12.5. The summed E-state index contributed by atoms with van der Waals surface area (Å²) in [6.07, 6.45) is 4.55. The highest BCUT2D eigenvalue weighted by atomic mass is 127. The van der Waals surface area contributed by atoms with Gasteiger partial charge in [0, 0.05) is 38.6 Å². The van der Waals surface area contributed by atoms with Crippen molar-refractivity contribution in [3.05, 3.63) is 30.3 Å². The highest BCUT2D eigenvalue weighted by Gasteiger charge is 2.19. The van der Waals surface area contributed by atoms with E-state index in [4.69, 9.17) is 9.73 Å². The van der Waals surface area contributed by atoms with E-state index < -0.39 is 0 Å². The number of aliphatic imine (C=N–C) groups is 1. The maximum absolute atomic E-state index is 5.72. The van der Waals surface area contributed by atoms with E-state index >= 15 is 0 Å². The van der Waals surface area contributed by atoms with Crippen LogP contribution in [0.15, 0.2) is 35.3 Å². The zero-order valence-corrected chi connectivity index (χ0v) is 18.6. The summed E-state index contributed by atoms with van der Waals surface area (Å²) in [5.74, 6) is 1.87. The summed E-state index contributed by atoms with van der Waals surface area (Å²) in [7, 11) is 0. The lowest BCUT2D eigenvalue weighted by atomic mass is 10.1. The summed E-state index contributed by atoms with van der Waals surface area (Å²) < 4.78 is 5.72. The second-order valence-electron chi connectivity index (χ2n) is 6.54. The fourth-order valence-corrected chi connectivity index (χ4v) is 3.09. The Morgan fingerprint density at radius 1 is 1.19 bits per heavy atom. The zero-order valence-electron chi connectivity index (χ0n) is 16.2. The van der Waals surface area contributed by atoms with E-state index in [1.807, 2.05) is 30.3 Å². The van der Waals surface area contributed by atoms with Crippen molar-refractivity contribution in [3.63, 3.8) is 0 Å². The molecule has 26 heavy (non-hydrogen) atoms. The molecule has 1 aliphatic heterocycles. The molecule has 0 spiro atoms. The van der Waals surface area contributed by atoms with Gasteiger partial charge in [-0.15, -0.1) is 24.0 Å². The van der Waals surface area contributed by atoms with E-state index in [1.54, 1.807) is 0 Å². The van der Waals surface area contributed by atoms with Gasteiger partial charge in [-0.05, 0) is 44.9 Å². The van der Waals surface area contributed by atoms with Crippen LogP contribution in [0.25, 0.3) is 0 Å². The lowest BCUT2D eigenvalue weighted by Crippen LogP contribution is -2.48. The molecule has 1 heterocycles. The number of ether oxygens (including phenoxy) is 1. The van der Waals surface area contributed by atoms with Gasteiger partial charge in [-0.2, -0.15) is 0 Å². The smallest absolute Gasteiger partial charge is 0.191 e. The molecule has 1 saturated heterocycles. The minimum Gasteiger partial charge on any atom is -0.494 e. The summed E-state index contributed by atoms with van der Waals surface area (Å²) in [5.41, 5.74) is 0. The average molecular weight is 474 g/mol. The molecule has 148 valence electrons. The SMILES string of the molecule is CCCN1CCC(NC(=NCCCOc2ccccc2)NCC)CC1.I. The molecule has 0 amide bonds. The molecule has 0 atom stereocenters. The number of rotatable bonds is 9. The minimum absolute atomic E-state index is 0. The number of likely N-dealkylation sites (tertiary alicyclic amines) is 1. The number of hydrogen-bond acceptors (Lipinski definition) is 3. The van der Waals surface area contributed by atoms with E-state index in [9.17, 15) is 0 Å². The fourth-order valence-electron chi connectivity index (χ4n) is 3.09. The van der Waals surface area contributed by atoms with Crippen LogP contribution in [0, 0.1) is 0 Å². The van der Waals surface area contributed by atoms with Crippen LogP contribution in [0.4, 0.5) is 0 Å². The number of para-hydroxylation sites is 1. The summed E-state index contributed by atoms with van der Waals surface area (Å²) in [6.45, 7) is 10.3. The van der Waals surface area contributed by atoms with E-state index in [-0.39, 0.29) is 24.0 Å². The van der Waals surface area contributed by atoms with Gasteiger partial charge in [-0.3, -0.25) is 4.99 Å². The maximum atomic E-state index is 5.72. The minimum atomic E-state index is 0. The number of nitrogens with zero attached hydrogens (tertiary/aromatic N) is 2. The van der Waals surface area contributed by atoms with Crippen LogP contribution in [-0.2, 0) is 0 Å². The van der Waals surface area contributed by atoms with Crippen LogP contribution in [0.1, 0.15) is 39.5 Å². The normalized spacial score (nSPS) is 16.0. The number of hydrogen-bond donors (Lipinski definition) is 2. The zero-order chi connectivity index (χ0) is 17.7. The molecule has 0 bridgehead atoms. The predicted octanol–water partition coefficient (Wildman–Crippen LogP) is 3.50. The Bertz CT molecular complexity index is 490. The van der Waals surface area contributed by atoms with Gasteiger partial charge >= 0.3 is 0 Å². The lowest BCUT2D eigenvalue weighted by Gasteiger charge is -2.32. The number of nitrogens with one attached hydrogen (secondary N) is 2. The lowest BCUT2D eigenvalue weighted by molar-refractivity contribution is 0.206. The van der Waals surface area contributed by atoms with Crippen molar-refractivity contribution in [1.82, 2.24) is 15.5 Å². The first-order valence-corrected chi connectivity index (χ1v) is 9.76. The third-order valence-corrected chi connectivity index (χ3v) is 4.40. The maximum Gasteiger partial charge on any atom is 0.191 e. The molecule has 0 aromatic heterocycles. The number of benzene rings is 1. The molecule has 1 aliphatic rings. The molecule has 2 N–H and O–H groups in total. The van der Waals surface area contributed by atoms with Gasteiger partial charge in [0.1, 0.15) is 5.75 Å². The second kappa shape index (κ2) is 14.1. The van der Waals surface area contributed by atoms with Gasteiger partial charge < -0.3 is 20.3 Å². The Morgan fingerprint density at radius 3 is 2.58 bits per heavy atom. The van der Waals surface area contributed by atoms with Crippen LogP contribution in [0.3, 0.4) is 0 Å². The molecule has 2 rings (SSSR count). The van der Waals surface area contributed by atoms with Crippen LogP contribution in [0.5, 0.6) is 5.75 Å². The van der Waals surface area contributed by atoms with E-state index in [2.05, 4.69) is 29.4 Å². The largest absolute Gasteiger partial charge is 0.494 e.